The van der Waals surface area contributed by atoms with E-state index in [1.165, 1.54) is 20.9 Å². The average Bonchev–Trinajstić information content (AvgIpc) is 2.53. The molecule has 0 atom stereocenters. The van der Waals surface area contributed by atoms with Crippen molar-refractivity contribution in [2.24, 2.45) is 0 Å². The zero-order valence-electron chi connectivity index (χ0n) is 7.87. The van der Waals surface area contributed by atoms with E-state index in [9.17, 15) is 0 Å². The van der Waals surface area contributed by atoms with Crippen LogP contribution in [0.3, 0.4) is 0 Å². The molecule has 0 aliphatic carbocycles. The number of hydrogen-bond acceptors (Lipinski definition) is 1. The first-order valence-corrected chi connectivity index (χ1v) is 5.21. The Bertz CT molecular complexity index is 395. The van der Waals surface area contributed by atoms with E-state index in [0.717, 1.165) is 0 Å². The molecule has 0 N–H and O–H groups in total. The lowest BCUT2D eigenvalue weighted by atomic mass is 10.1. The van der Waals surface area contributed by atoms with Gasteiger partial charge in [-0.05, 0) is 31.5 Å². The molecular formula is C12H12S. The van der Waals surface area contributed by atoms with Crippen LogP contribution in [-0.4, -0.2) is 0 Å². The Hall–Kier alpha value is -1.08. The van der Waals surface area contributed by atoms with E-state index in [1.54, 1.807) is 0 Å². The molecule has 2 aromatic rings. The first kappa shape index (κ1) is 8.52. The van der Waals surface area contributed by atoms with Crippen molar-refractivity contribution in [1.29, 1.82) is 0 Å². The Labute approximate surface area is 82.9 Å². The quantitative estimate of drug-likeness (QED) is 0.633. The third-order valence-electron chi connectivity index (χ3n) is 2.08. The minimum absolute atomic E-state index is 1.32. The molecule has 1 aromatic carbocycles. The van der Waals surface area contributed by atoms with Crippen molar-refractivity contribution >= 4 is 11.3 Å². The van der Waals surface area contributed by atoms with Crippen molar-refractivity contribution in [3.05, 3.63) is 46.8 Å². The highest BCUT2D eigenvalue weighted by molar-refractivity contribution is 7.15. The smallest absolute Gasteiger partial charge is 0.0345 e. The van der Waals surface area contributed by atoms with Gasteiger partial charge in [-0.1, -0.05) is 29.8 Å². The number of thiophene rings is 1. The standard InChI is InChI=1S/C12H12S/c1-9-3-6-11(7-4-9)12-8-5-10(2)13-12/h3-8H,1-2H3. The third kappa shape index (κ3) is 1.81. The van der Waals surface area contributed by atoms with Crippen LogP contribution in [0.2, 0.25) is 0 Å². The zero-order valence-corrected chi connectivity index (χ0v) is 8.69. The van der Waals surface area contributed by atoms with Gasteiger partial charge in [0.25, 0.3) is 0 Å². The number of hydrogen-bond donors (Lipinski definition) is 0. The van der Waals surface area contributed by atoms with E-state index >= 15 is 0 Å². The van der Waals surface area contributed by atoms with Crippen molar-refractivity contribution < 1.29 is 0 Å². The van der Waals surface area contributed by atoms with Gasteiger partial charge in [0.2, 0.25) is 0 Å². The van der Waals surface area contributed by atoms with Crippen LogP contribution in [0.4, 0.5) is 0 Å². The topological polar surface area (TPSA) is 0 Å². The SMILES string of the molecule is Cc1ccc(-c2ccc(C)s2)cc1. The second kappa shape index (κ2) is 3.35. The van der Waals surface area contributed by atoms with E-state index in [4.69, 9.17) is 0 Å². The lowest BCUT2D eigenvalue weighted by Gasteiger charge is -1.97. The molecule has 0 bridgehead atoms. The van der Waals surface area contributed by atoms with Gasteiger partial charge in [0.1, 0.15) is 0 Å². The van der Waals surface area contributed by atoms with Crippen LogP contribution in [0.5, 0.6) is 0 Å². The molecule has 0 radical (unpaired) electrons. The Kier molecular flexibility index (Phi) is 2.19. The van der Waals surface area contributed by atoms with Crippen molar-refractivity contribution in [3.8, 4) is 10.4 Å². The number of benzene rings is 1. The second-order valence-corrected chi connectivity index (χ2v) is 4.56. The van der Waals surface area contributed by atoms with Crippen LogP contribution < -0.4 is 0 Å². The normalized spacial score (nSPS) is 10.3. The van der Waals surface area contributed by atoms with E-state index in [1.807, 2.05) is 11.3 Å². The highest BCUT2D eigenvalue weighted by Crippen LogP contribution is 2.27. The van der Waals surface area contributed by atoms with Crippen molar-refractivity contribution in [3.63, 3.8) is 0 Å². The molecule has 0 saturated carbocycles. The van der Waals surface area contributed by atoms with Gasteiger partial charge in [0.05, 0.1) is 0 Å². The van der Waals surface area contributed by atoms with Crippen LogP contribution in [0.25, 0.3) is 10.4 Å². The summed E-state index contributed by atoms with van der Waals surface area (Å²) in [6.45, 7) is 4.26. The third-order valence-corrected chi connectivity index (χ3v) is 3.13. The molecule has 0 unspecified atom stereocenters. The molecule has 0 aliphatic rings. The molecule has 0 spiro atoms. The van der Waals surface area contributed by atoms with Crippen LogP contribution in [0.1, 0.15) is 10.4 Å². The summed E-state index contributed by atoms with van der Waals surface area (Å²) in [5.74, 6) is 0. The van der Waals surface area contributed by atoms with Crippen LogP contribution >= 0.6 is 11.3 Å². The molecule has 0 nitrogen and oxygen atoms in total. The van der Waals surface area contributed by atoms with Gasteiger partial charge in [-0.25, -0.2) is 0 Å². The van der Waals surface area contributed by atoms with Gasteiger partial charge in [0.15, 0.2) is 0 Å². The van der Waals surface area contributed by atoms with Crippen LogP contribution in [0, 0.1) is 13.8 Å². The molecule has 1 heteroatoms. The molecule has 0 amide bonds. The highest BCUT2D eigenvalue weighted by atomic mass is 32.1. The van der Waals surface area contributed by atoms with Crippen molar-refractivity contribution in [2.75, 3.05) is 0 Å². The number of rotatable bonds is 1. The molecule has 2 rings (SSSR count). The maximum atomic E-state index is 2.19. The Morgan fingerprint density at radius 2 is 1.54 bits per heavy atom. The fourth-order valence-corrected chi connectivity index (χ4v) is 2.18. The predicted molar refractivity (Wildman–Crippen MR) is 59.2 cm³/mol. The summed E-state index contributed by atoms with van der Waals surface area (Å²) in [6.07, 6.45) is 0. The van der Waals surface area contributed by atoms with Gasteiger partial charge in [-0.2, -0.15) is 0 Å². The van der Waals surface area contributed by atoms with Crippen LogP contribution in [-0.2, 0) is 0 Å². The molecule has 0 saturated heterocycles. The first-order chi connectivity index (χ1) is 6.25. The molecular weight excluding hydrogens is 176 g/mol. The summed E-state index contributed by atoms with van der Waals surface area (Å²) in [5.41, 5.74) is 2.64. The summed E-state index contributed by atoms with van der Waals surface area (Å²) >= 11 is 1.85. The summed E-state index contributed by atoms with van der Waals surface area (Å²) in [4.78, 5) is 2.73. The van der Waals surface area contributed by atoms with E-state index < -0.39 is 0 Å². The first-order valence-electron chi connectivity index (χ1n) is 4.39. The van der Waals surface area contributed by atoms with Crippen LogP contribution in [0.15, 0.2) is 36.4 Å². The second-order valence-electron chi connectivity index (χ2n) is 3.28. The van der Waals surface area contributed by atoms with Crippen molar-refractivity contribution in [2.45, 2.75) is 13.8 Å². The van der Waals surface area contributed by atoms with Gasteiger partial charge in [-0.15, -0.1) is 11.3 Å². The minimum atomic E-state index is 1.32. The highest BCUT2D eigenvalue weighted by Gasteiger charge is 1.98. The largest absolute Gasteiger partial charge is 0.141 e. The summed E-state index contributed by atoms with van der Waals surface area (Å²) < 4.78 is 0. The molecule has 1 heterocycles. The Morgan fingerprint density at radius 3 is 2.08 bits per heavy atom. The Morgan fingerprint density at radius 1 is 0.846 bits per heavy atom. The van der Waals surface area contributed by atoms with Gasteiger partial charge < -0.3 is 0 Å². The van der Waals surface area contributed by atoms with E-state index in [2.05, 4.69) is 50.2 Å². The molecule has 1 aromatic heterocycles. The molecule has 0 aliphatic heterocycles. The lowest BCUT2D eigenvalue weighted by molar-refractivity contribution is 1.48. The number of aryl methyl sites for hydroxylation is 2. The fourth-order valence-electron chi connectivity index (χ4n) is 1.31. The Balaban J connectivity index is 2.41. The molecule has 13 heavy (non-hydrogen) atoms. The average molecular weight is 188 g/mol. The summed E-state index contributed by atoms with van der Waals surface area (Å²) in [6, 6.07) is 13.0. The van der Waals surface area contributed by atoms with E-state index in [-0.39, 0.29) is 0 Å². The van der Waals surface area contributed by atoms with Gasteiger partial charge in [0, 0.05) is 9.75 Å². The minimum Gasteiger partial charge on any atom is -0.141 e. The fraction of sp³-hybridized carbons (Fsp3) is 0.167. The monoisotopic (exact) mass is 188 g/mol. The van der Waals surface area contributed by atoms with E-state index in [0.29, 0.717) is 0 Å². The summed E-state index contributed by atoms with van der Waals surface area (Å²) in [7, 11) is 0. The van der Waals surface area contributed by atoms with Gasteiger partial charge >= 0.3 is 0 Å². The predicted octanol–water partition coefficient (Wildman–Crippen LogP) is 4.03. The zero-order chi connectivity index (χ0) is 9.26. The summed E-state index contributed by atoms with van der Waals surface area (Å²) in [5, 5.41) is 0. The maximum absolute atomic E-state index is 2.19. The molecule has 0 fully saturated rings. The lowest BCUT2D eigenvalue weighted by Crippen LogP contribution is -1.72. The molecule has 66 valence electrons. The van der Waals surface area contributed by atoms with Crippen molar-refractivity contribution in [1.82, 2.24) is 0 Å². The van der Waals surface area contributed by atoms with Gasteiger partial charge in [-0.3, -0.25) is 0 Å². The maximum Gasteiger partial charge on any atom is 0.0345 e.